The molecule has 140 valence electrons. The summed E-state index contributed by atoms with van der Waals surface area (Å²) in [4.78, 5) is 0. The first-order valence-electron chi connectivity index (χ1n) is 9.65. The van der Waals surface area contributed by atoms with Crippen LogP contribution >= 0.6 is 0 Å². The highest BCUT2D eigenvalue weighted by Gasteiger charge is 2.94. The maximum atomic E-state index is 11.2. The van der Waals surface area contributed by atoms with E-state index in [-0.39, 0.29) is 5.92 Å². The van der Waals surface area contributed by atoms with Crippen LogP contribution in [0.3, 0.4) is 0 Å². The summed E-state index contributed by atoms with van der Waals surface area (Å²) in [5.41, 5.74) is -1.52. The maximum Gasteiger partial charge on any atom is 0.204 e. The van der Waals surface area contributed by atoms with Crippen LogP contribution in [0.25, 0.3) is 0 Å². The fraction of sp³-hybridized carbons (Fsp3) is 0.947. The molecule has 1 N–H and O–H groups in total. The third-order valence-electron chi connectivity index (χ3n) is 8.01. The molecule has 3 saturated carbocycles. The lowest BCUT2D eigenvalue weighted by molar-refractivity contribution is -0.375. The van der Waals surface area contributed by atoms with Gasteiger partial charge in [0.05, 0.1) is 6.07 Å². The molecule has 6 rings (SSSR count). The smallest absolute Gasteiger partial charge is 0.204 e. The first-order valence-corrected chi connectivity index (χ1v) is 11.8. The monoisotopic (exact) mass is 365 g/mol. The molecule has 25 heavy (non-hydrogen) atoms. The first kappa shape index (κ1) is 17.9. The molecule has 6 aliphatic rings. The van der Waals surface area contributed by atoms with Crippen LogP contribution < -0.4 is 0 Å². The highest BCUT2D eigenvalue weighted by molar-refractivity contribution is 6.77. The van der Waals surface area contributed by atoms with Crippen LogP contribution in [0.2, 0.25) is 16.6 Å². The minimum absolute atomic E-state index is 0.0984. The van der Waals surface area contributed by atoms with E-state index in [1.807, 2.05) is 6.92 Å². The van der Waals surface area contributed by atoms with Crippen LogP contribution in [0.15, 0.2) is 0 Å². The van der Waals surface area contributed by atoms with E-state index in [0.29, 0.717) is 29.5 Å². The van der Waals surface area contributed by atoms with Gasteiger partial charge in [0.1, 0.15) is 16.6 Å². The summed E-state index contributed by atoms with van der Waals surface area (Å²) in [5, 5.41) is 21.2. The van der Waals surface area contributed by atoms with Gasteiger partial charge in [-0.15, -0.1) is 0 Å². The standard InChI is InChI=1S/C19H31NO4Si/c1-11(2)25(12(3)4,13(5)6)24-18-9-16(7)19(21)8-14(18)17(19,10-20)15(22-16)23-18/h11-15,21H,8-9H2,1-7H3. The molecule has 0 aromatic rings. The molecule has 0 aromatic carbocycles. The van der Waals surface area contributed by atoms with Crippen molar-refractivity contribution in [2.75, 3.05) is 0 Å². The summed E-state index contributed by atoms with van der Waals surface area (Å²) in [6, 6.07) is 2.40. The lowest BCUT2D eigenvalue weighted by Crippen LogP contribution is -2.78. The zero-order valence-corrected chi connectivity index (χ0v) is 17.4. The molecule has 5 nitrogen and oxygen atoms in total. The van der Waals surface area contributed by atoms with Crippen LogP contribution in [0.4, 0.5) is 0 Å². The maximum absolute atomic E-state index is 11.2. The number of nitriles is 1. The first-order chi connectivity index (χ1) is 11.5. The van der Waals surface area contributed by atoms with Gasteiger partial charge in [-0.25, -0.2) is 0 Å². The van der Waals surface area contributed by atoms with Gasteiger partial charge in [0.15, 0.2) is 12.1 Å². The molecule has 6 fully saturated rings. The zero-order chi connectivity index (χ0) is 18.6. The van der Waals surface area contributed by atoms with Crippen molar-refractivity contribution in [1.29, 1.82) is 5.26 Å². The van der Waals surface area contributed by atoms with Gasteiger partial charge in [0.2, 0.25) is 8.32 Å². The Hall–Kier alpha value is -0.453. The van der Waals surface area contributed by atoms with Crippen molar-refractivity contribution in [3.8, 4) is 6.07 Å². The fourth-order valence-corrected chi connectivity index (χ4v) is 12.5. The number of nitrogens with zero attached hydrogens (tertiary/aromatic N) is 1. The highest BCUT2D eigenvalue weighted by Crippen LogP contribution is 2.81. The molecule has 3 heterocycles. The van der Waals surface area contributed by atoms with E-state index < -0.39 is 37.0 Å². The molecule has 6 heteroatoms. The van der Waals surface area contributed by atoms with Gasteiger partial charge >= 0.3 is 0 Å². The second kappa shape index (κ2) is 4.69. The lowest BCUT2D eigenvalue weighted by atomic mass is 9.41. The highest BCUT2D eigenvalue weighted by atomic mass is 28.4. The van der Waals surface area contributed by atoms with Crippen molar-refractivity contribution in [2.24, 2.45) is 11.3 Å². The Morgan fingerprint density at radius 1 is 1.12 bits per heavy atom. The van der Waals surface area contributed by atoms with Gasteiger partial charge in [0.25, 0.3) is 0 Å². The van der Waals surface area contributed by atoms with Crippen molar-refractivity contribution in [1.82, 2.24) is 0 Å². The molecule has 6 bridgehead atoms. The summed E-state index contributed by atoms with van der Waals surface area (Å²) < 4.78 is 19.5. The molecule has 6 atom stereocenters. The second-order valence-electron chi connectivity index (χ2n) is 9.80. The van der Waals surface area contributed by atoms with E-state index in [9.17, 15) is 10.4 Å². The Morgan fingerprint density at radius 3 is 2.12 bits per heavy atom. The largest absolute Gasteiger partial charge is 0.389 e. The molecule has 3 saturated heterocycles. The molecule has 3 aliphatic carbocycles. The van der Waals surface area contributed by atoms with E-state index in [0.717, 1.165) is 0 Å². The summed E-state index contributed by atoms with van der Waals surface area (Å²) in [6.45, 7) is 15.5. The van der Waals surface area contributed by atoms with Crippen LogP contribution in [0, 0.1) is 22.7 Å². The van der Waals surface area contributed by atoms with Crippen molar-refractivity contribution in [3.63, 3.8) is 0 Å². The van der Waals surface area contributed by atoms with Gasteiger partial charge in [-0.2, -0.15) is 5.26 Å². The number of hydrogen-bond donors (Lipinski definition) is 1. The average molecular weight is 366 g/mol. The third kappa shape index (κ3) is 1.57. The van der Waals surface area contributed by atoms with Crippen molar-refractivity contribution in [3.05, 3.63) is 0 Å². The summed E-state index contributed by atoms with van der Waals surface area (Å²) in [7, 11) is -2.18. The van der Waals surface area contributed by atoms with Crippen LogP contribution in [0.5, 0.6) is 0 Å². The quantitative estimate of drug-likeness (QED) is 0.752. The molecule has 0 radical (unpaired) electrons. The number of hydrogen-bond acceptors (Lipinski definition) is 5. The van der Waals surface area contributed by atoms with Gasteiger partial charge in [-0.3, -0.25) is 0 Å². The Kier molecular flexibility index (Phi) is 3.36. The van der Waals surface area contributed by atoms with E-state index in [4.69, 9.17) is 13.9 Å². The van der Waals surface area contributed by atoms with Gasteiger partial charge in [0, 0.05) is 12.3 Å². The van der Waals surface area contributed by atoms with E-state index in [2.05, 4.69) is 47.6 Å². The van der Waals surface area contributed by atoms with Crippen molar-refractivity contribution < 1.29 is 19.0 Å². The Bertz CT molecular complexity index is 639. The molecule has 3 aliphatic heterocycles. The van der Waals surface area contributed by atoms with Gasteiger partial charge in [-0.05, 0) is 30.0 Å². The topological polar surface area (TPSA) is 71.7 Å². The van der Waals surface area contributed by atoms with Crippen LogP contribution in [0.1, 0.15) is 61.3 Å². The lowest BCUT2D eigenvalue weighted by Gasteiger charge is -2.65. The Morgan fingerprint density at radius 2 is 1.68 bits per heavy atom. The number of rotatable bonds is 5. The number of aliphatic hydroxyl groups is 1. The van der Waals surface area contributed by atoms with E-state index in [1.165, 1.54) is 0 Å². The van der Waals surface area contributed by atoms with Gasteiger partial charge < -0.3 is 19.0 Å². The van der Waals surface area contributed by atoms with E-state index in [1.54, 1.807) is 0 Å². The molecule has 0 amide bonds. The van der Waals surface area contributed by atoms with Crippen molar-refractivity contribution >= 4 is 8.32 Å². The van der Waals surface area contributed by atoms with E-state index >= 15 is 0 Å². The van der Waals surface area contributed by atoms with Crippen LogP contribution in [-0.2, 0) is 13.9 Å². The molecular formula is C19H31NO4Si. The zero-order valence-electron chi connectivity index (χ0n) is 16.4. The third-order valence-corrected chi connectivity index (χ3v) is 14.1. The molecule has 6 unspecified atom stereocenters. The summed E-state index contributed by atoms with van der Waals surface area (Å²) in [5.74, 6) is -0.873. The van der Waals surface area contributed by atoms with Crippen molar-refractivity contribution in [2.45, 2.75) is 101 Å². The molecule has 0 aromatic heterocycles. The average Bonchev–Trinajstić information content (AvgIpc) is 2.69. The predicted molar refractivity (Wildman–Crippen MR) is 94.9 cm³/mol. The summed E-state index contributed by atoms with van der Waals surface area (Å²) in [6.07, 6.45) is 0.382. The minimum Gasteiger partial charge on any atom is -0.389 e. The van der Waals surface area contributed by atoms with Crippen LogP contribution in [-0.4, -0.2) is 36.7 Å². The van der Waals surface area contributed by atoms with Gasteiger partial charge in [-0.1, -0.05) is 41.5 Å². The molecular weight excluding hydrogens is 334 g/mol. The Labute approximate surface area is 151 Å². The fourth-order valence-electron chi connectivity index (χ4n) is 6.93. The summed E-state index contributed by atoms with van der Waals surface area (Å²) >= 11 is 0. The second-order valence-corrected chi connectivity index (χ2v) is 15.2. The number of ether oxygens (including phenoxy) is 2. The normalized spacial score (nSPS) is 50.0. The molecule has 0 spiro atoms. The Balaban J connectivity index is 1.80. The minimum atomic E-state index is -2.18. The SMILES string of the molecule is CC(C)[Si](OC12CC3(C)OC(O1)C1(C#N)C2CC31O)(C(C)C)C(C)C. The predicted octanol–water partition coefficient (Wildman–Crippen LogP) is 3.68.